The Morgan fingerprint density at radius 2 is 1.81 bits per heavy atom. The van der Waals surface area contributed by atoms with Gasteiger partial charge in [-0.2, -0.15) is 4.31 Å². The van der Waals surface area contributed by atoms with E-state index in [0.717, 1.165) is 32.1 Å². The minimum atomic E-state index is -3.75. The largest absolute Gasteiger partial charge is 0.455 e. The van der Waals surface area contributed by atoms with Crippen LogP contribution in [0, 0.1) is 5.92 Å². The van der Waals surface area contributed by atoms with Gasteiger partial charge in [0.15, 0.2) is 6.61 Å². The lowest BCUT2D eigenvalue weighted by atomic mass is 9.96. The van der Waals surface area contributed by atoms with Gasteiger partial charge in [-0.3, -0.25) is 9.59 Å². The number of esters is 1. The quantitative estimate of drug-likeness (QED) is 0.716. The summed E-state index contributed by atoms with van der Waals surface area (Å²) in [6.07, 6.45) is 4.85. The number of para-hydroxylation sites is 1. The highest BCUT2D eigenvalue weighted by molar-refractivity contribution is 7.89. The van der Waals surface area contributed by atoms with Crippen molar-refractivity contribution in [2.24, 2.45) is 5.92 Å². The second-order valence-electron chi connectivity index (χ2n) is 7.12. The first-order chi connectivity index (χ1) is 12.7. The fraction of sp³-hybridized carbons (Fsp3) is 0.579. The molecule has 1 aliphatic rings. The number of carbonyl (C=O) groups excluding carboxylic acids is 2. The average molecular weight is 397 g/mol. The molecule has 1 aromatic rings. The number of benzene rings is 1. The fourth-order valence-electron chi connectivity index (χ4n) is 3.08. The van der Waals surface area contributed by atoms with E-state index in [4.69, 9.17) is 4.74 Å². The molecule has 0 spiro atoms. The molecule has 1 saturated carbocycles. The summed E-state index contributed by atoms with van der Waals surface area (Å²) in [6, 6.07) is 6.25. The molecule has 0 saturated heterocycles. The molecule has 0 aliphatic heterocycles. The number of rotatable bonds is 7. The maximum Gasteiger partial charge on any atom is 0.308 e. The third-order valence-corrected chi connectivity index (χ3v) is 6.69. The third-order valence-electron chi connectivity index (χ3n) is 4.72. The predicted molar refractivity (Wildman–Crippen MR) is 103 cm³/mol. The van der Waals surface area contributed by atoms with Gasteiger partial charge in [-0.1, -0.05) is 45.2 Å². The summed E-state index contributed by atoms with van der Waals surface area (Å²) in [4.78, 5) is 23.6. The van der Waals surface area contributed by atoms with E-state index < -0.39 is 28.5 Å². The molecule has 27 heavy (non-hydrogen) atoms. The second-order valence-corrected chi connectivity index (χ2v) is 9.09. The Kier molecular flexibility index (Phi) is 7.38. The van der Waals surface area contributed by atoms with Gasteiger partial charge in [0, 0.05) is 13.1 Å². The summed E-state index contributed by atoms with van der Waals surface area (Å²) in [5.74, 6) is -1.40. The molecular weight excluding hydrogens is 368 g/mol. The number of ether oxygens (including phenoxy) is 1. The standard InChI is InChI=1S/C19H28N2O5S/c1-14(2)19(23)26-13-18(22)20-16-11-7-8-12-17(16)27(24,25)21(3)15-9-5-4-6-10-15/h7-8,11-12,14-15H,4-6,9-10,13H2,1-3H3,(H,20,22). The van der Waals surface area contributed by atoms with E-state index in [1.807, 2.05) is 0 Å². The number of anilines is 1. The minimum Gasteiger partial charge on any atom is -0.455 e. The molecular formula is C19H28N2O5S. The first kappa shape index (κ1) is 21.4. The Bertz CT molecular complexity index is 770. The summed E-state index contributed by atoms with van der Waals surface area (Å²) in [6.45, 7) is 2.89. The van der Waals surface area contributed by atoms with E-state index >= 15 is 0 Å². The van der Waals surface area contributed by atoms with Crippen LogP contribution in [-0.4, -0.2) is 44.3 Å². The van der Waals surface area contributed by atoms with Crippen LogP contribution >= 0.6 is 0 Å². The number of amides is 1. The highest BCUT2D eigenvalue weighted by Gasteiger charge is 2.31. The van der Waals surface area contributed by atoms with Crippen LogP contribution in [0.15, 0.2) is 29.2 Å². The zero-order chi connectivity index (χ0) is 20.0. The summed E-state index contributed by atoms with van der Waals surface area (Å²) in [5.41, 5.74) is 0.186. The highest BCUT2D eigenvalue weighted by atomic mass is 32.2. The topological polar surface area (TPSA) is 92.8 Å². The summed E-state index contributed by atoms with van der Waals surface area (Å²) in [7, 11) is -2.16. The molecule has 0 aromatic heterocycles. The average Bonchev–Trinajstić information content (AvgIpc) is 2.66. The van der Waals surface area contributed by atoms with Crippen LogP contribution in [0.1, 0.15) is 46.0 Å². The molecule has 1 aliphatic carbocycles. The third kappa shape index (κ3) is 5.52. The van der Waals surface area contributed by atoms with Crippen LogP contribution in [0.5, 0.6) is 0 Å². The maximum atomic E-state index is 13.1. The minimum absolute atomic E-state index is 0.0282. The van der Waals surface area contributed by atoms with Gasteiger partial charge < -0.3 is 10.1 Å². The first-order valence-electron chi connectivity index (χ1n) is 9.27. The second kappa shape index (κ2) is 9.32. The van der Waals surface area contributed by atoms with E-state index in [-0.39, 0.29) is 22.5 Å². The van der Waals surface area contributed by atoms with Crippen LogP contribution < -0.4 is 5.32 Å². The van der Waals surface area contributed by atoms with E-state index in [1.54, 1.807) is 33.0 Å². The number of hydrogen-bond acceptors (Lipinski definition) is 5. The SMILES string of the molecule is CC(C)C(=O)OCC(=O)Nc1ccccc1S(=O)(=O)N(C)C1CCCCC1. The van der Waals surface area contributed by atoms with E-state index in [0.29, 0.717) is 0 Å². The van der Waals surface area contributed by atoms with Crippen molar-refractivity contribution in [3.63, 3.8) is 0 Å². The smallest absolute Gasteiger partial charge is 0.308 e. The maximum absolute atomic E-state index is 13.1. The Morgan fingerprint density at radius 1 is 1.19 bits per heavy atom. The van der Waals surface area contributed by atoms with Crippen molar-refractivity contribution in [3.05, 3.63) is 24.3 Å². The van der Waals surface area contributed by atoms with Gasteiger partial charge in [0.1, 0.15) is 4.90 Å². The van der Waals surface area contributed by atoms with E-state index in [2.05, 4.69) is 5.32 Å². The lowest BCUT2D eigenvalue weighted by Crippen LogP contribution is -2.38. The van der Waals surface area contributed by atoms with Crippen molar-refractivity contribution in [2.45, 2.75) is 56.9 Å². The lowest BCUT2D eigenvalue weighted by Gasteiger charge is -2.30. The zero-order valence-corrected chi connectivity index (χ0v) is 16.9. The first-order valence-corrected chi connectivity index (χ1v) is 10.7. The van der Waals surface area contributed by atoms with Gasteiger partial charge in [0.05, 0.1) is 11.6 Å². The molecule has 1 N–H and O–H groups in total. The summed E-state index contributed by atoms with van der Waals surface area (Å²) < 4.78 is 32.5. The van der Waals surface area contributed by atoms with Crippen LogP contribution in [0.25, 0.3) is 0 Å². The highest BCUT2D eigenvalue weighted by Crippen LogP contribution is 2.29. The molecule has 7 nitrogen and oxygen atoms in total. The molecule has 1 fully saturated rings. The monoisotopic (exact) mass is 396 g/mol. The molecule has 0 atom stereocenters. The molecule has 2 rings (SSSR count). The molecule has 0 unspecified atom stereocenters. The number of nitrogens with zero attached hydrogens (tertiary/aromatic N) is 1. The molecule has 1 aromatic carbocycles. The Hall–Kier alpha value is -1.93. The van der Waals surface area contributed by atoms with Crippen molar-refractivity contribution >= 4 is 27.6 Å². The van der Waals surface area contributed by atoms with Crippen molar-refractivity contribution in [1.29, 1.82) is 0 Å². The van der Waals surface area contributed by atoms with Crippen LogP contribution in [0.2, 0.25) is 0 Å². The van der Waals surface area contributed by atoms with E-state index in [1.165, 1.54) is 16.4 Å². The van der Waals surface area contributed by atoms with Crippen molar-refractivity contribution in [3.8, 4) is 0 Å². The molecule has 1 amide bonds. The van der Waals surface area contributed by atoms with Gasteiger partial charge in [-0.15, -0.1) is 0 Å². The van der Waals surface area contributed by atoms with Gasteiger partial charge in [-0.25, -0.2) is 8.42 Å². The molecule has 8 heteroatoms. The fourth-order valence-corrected chi connectivity index (χ4v) is 4.64. The molecule has 150 valence electrons. The number of nitrogens with one attached hydrogen (secondary N) is 1. The Morgan fingerprint density at radius 3 is 2.44 bits per heavy atom. The number of sulfonamides is 1. The summed E-state index contributed by atoms with van der Waals surface area (Å²) in [5, 5.41) is 2.55. The van der Waals surface area contributed by atoms with Gasteiger partial charge in [-0.05, 0) is 25.0 Å². The Balaban J connectivity index is 2.14. The van der Waals surface area contributed by atoms with Gasteiger partial charge in [0.2, 0.25) is 10.0 Å². The van der Waals surface area contributed by atoms with Crippen molar-refractivity contribution in [1.82, 2.24) is 4.31 Å². The molecule has 0 radical (unpaired) electrons. The van der Waals surface area contributed by atoms with Gasteiger partial charge in [0.25, 0.3) is 5.91 Å². The van der Waals surface area contributed by atoms with Crippen molar-refractivity contribution < 1.29 is 22.7 Å². The van der Waals surface area contributed by atoms with Crippen LogP contribution in [0.3, 0.4) is 0 Å². The predicted octanol–water partition coefficient (Wildman–Crippen LogP) is 2.78. The number of hydrogen-bond donors (Lipinski definition) is 1. The summed E-state index contributed by atoms with van der Waals surface area (Å²) >= 11 is 0. The van der Waals surface area contributed by atoms with Gasteiger partial charge >= 0.3 is 5.97 Å². The number of carbonyl (C=O) groups is 2. The Labute approximate surface area is 161 Å². The van der Waals surface area contributed by atoms with Crippen LogP contribution in [-0.2, 0) is 24.3 Å². The zero-order valence-electron chi connectivity index (χ0n) is 16.1. The normalized spacial score (nSPS) is 15.7. The van der Waals surface area contributed by atoms with E-state index in [9.17, 15) is 18.0 Å². The van der Waals surface area contributed by atoms with Crippen LogP contribution in [0.4, 0.5) is 5.69 Å². The lowest BCUT2D eigenvalue weighted by molar-refractivity contribution is -0.150. The molecule has 0 bridgehead atoms. The molecule has 0 heterocycles. The van der Waals surface area contributed by atoms with Crippen molar-refractivity contribution in [2.75, 3.05) is 19.0 Å².